The molecule has 1 aliphatic rings. The van der Waals surface area contributed by atoms with E-state index in [2.05, 4.69) is 40.7 Å². The number of rotatable bonds is 12. The van der Waals surface area contributed by atoms with Crippen molar-refractivity contribution >= 4 is 5.96 Å². The molecular formula is C21H35N3O3. The lowest BCUT2D eigenvalue weighted by Gasteiger charge is -2.19. The molecule has 0 radical (unpaired) electrons. The van der Waals surface area contributed by atoms with Gasteiger partial charge in [-0.2, -0.15) is 0 Å². The van der Waals surface area contributed by atoms with Crippen molar-refractivity contribution in [1.82, 2.24) is 10.6 Å². The highest BCUT2D eigenvalue weighted by molar-refractivity contribution is 5.79. The van der Waals surface area contributed by atoms with Crippen molar-refractivity contribution < 1.29 is 14.2 Å². The highest BCUT2D eigenvalue weighted by Gasteiger charge is 2.41. The normalized spacial score (nSPS) is 15.5. The molecule has 1 fully saturated rings. The zero-order chi connectivity index (χ0) is 19.5. The van der Waals surface area contributed by atoms with Gasteiger partial charge in [0.25, 0.3) is 0 Å². The number of methoxy groups -OCH3 is 1. The summed E-state index contributed by atoms with van der Waals surface area (Å²) in [6.07, 6.45) is 3.62. The van der Waals surface area contributed by atoms with E-state index in [1.165, 1.54) is 18.4 Å². The van der Waals surface area contributed by atoms with Crippen LogP contribution in [-0.4, -0.2) is 53.1 Å². The third-order valence-corrected chi connectivity index (χ3v) is 5.01. The van der Waals surface area contributed by atoms with Gasteiger partial charge >= 0.3 is 0 Å². The summed E-state index contributed by atoms with van der Waals surface area (Å²) in [4.78, 5) is 4.35. The number of benzene rings is 1. The van der Waals surface area contributed by atoms with E-state index in [9.17, 15) is 0 Å². The average molecular weight is 378 g/mol. The fraction of sp³-hybridized carbons (Fsp3) is 0.667. The molecule has 1 aromatic rings. The van der Waals surface area contributed by atoms with Crippen molar-refractivity contribution in [1.29, 1.82) is 0 Å². The first-order chi connectivity index (χ1) is 13.1. The minimum absolute atomic E-state index is 0.380. The lowest BCUT2D eigenvalue weighted by Crippen LogP contribution is -2.40. The molecule has 0 bridgehead atoms. The van der Waals surface area contributed by atoms with Gasteiger partial charge in [-0.05, 0) is 50.2 Å². The van der Waals surface area contributed by atoms with E-state index in [-0.39, 0.29) is 0 Å². The first-order valence-electron chi connectivity index (χ1n) is 9.86. The lowest BCUT2D eigenvalue weighted by molar-refractivity contribution is 0.110. The quantitative estimate of drug-likeness (QED) is 0.333. The Morgan fingerprint density at radius 1 is 1.19 bits per heavy atom. The molecule has 2 rings (SSSR count). The fourth-order valence-electron chi connectivity index (χ4n) is 2.98. The second kappa shape index (κ2) is 11.1. The maximum absolute atomic E-state index is 5.92. The highest BCUT2D eigenvalue weighted by Crippen LogP contribution is 2.48. The van der Waals surface area contributed by atoms with Crippen molar-refractivity contribution in [2.75, 3.05) is 47.1 Å². The largest absolute Gasteiger partial charge is 0.491 e. The molecule has 0 amide bonds. The van der Waals surface area contributed by atoms with Crippen LogP contribution in [0, 0.1) is 12.3 Å². The average Bonchev–Trinajstić information content (AvgIpc) is 3.45. The molecule has 27 heavy (non-hydrogen) atoms. The second-order valence-electron chi connectivity index (χ2n) is 7.18. The number of aryl methyl sites for hydroxylation is 1. The van der Waals surface area contributed by atoms with Gasteiger partial charge in [-0.1, -0.05) is 12.1 Å². The van der Waals surface area contributed by atoms with E-state index >= 15 is 0 Å². The Balaban J connectivity index is 1.84. The van der Waals surface area contributed by atoms with Gasteiger partial charge < -0.3 is 24.8 Å². The van der Waals surface area contributed by atoms with Crippen molar-refractivity contribution in [2.24, 2.45) is 10.4 Å². The molecule has 0 aliphatic heterocycles. The van der Waals surface area contributed by atoms with Crippen LogP contribution in [-0.2, 0) is 16.0 Å². The monoisotopic (exact) mass is 377 g/mol. The number of nitrogens with one attached hydrogen (secondary N) is 2. The smallest absolute Gasteiger partial charge is 0.191 e. The summed E-state index contributed by atoms with van der Waals surface area (Å²) in [5.74, 6) is 1.72. The van der Waals surface area contributed by atoms with E-state index < -0.39 is 0 Å². The number of hydrogen-bond acceptors (Lipinski definition) is 4. The fourth-order valence-corrected chi connectivity index (χ4v) is 2.98. The van der Waals surface area contributed by atoms with Crippen LogP contribution >= 0.6 is 0 Å². The summed E-state index contributed by atoms with van der Waals surface area (Å²) in [6, 6.07) is 6.28. The number of nitrogens with zero attached hydrogens (tertiary/aromatic N) is 1. The summed E-state index contributed by atoms with van der Waals surface area (Å²) in [6.45, 7) is 8.34. The number of ether oxygens (including phenoxy) is 3. The van der Waals surface area contributed by atoms with E-state index in [0.717, 1.165) is 36.8 Å². The number of hydrogen-bond donors (Lipinski definition) is 2. The zero-order valence-corrected chi connectivity index (χ0v) is 17.3. The van der Waals surface area contributed by atoms with Crippen LogP contribution in [0.5, 0.6) is 5.75 Å². The van der Waals surface area contributed by atoms with Crippen LogP contribution in [0.3, 0.4) is 0 Å². The molecule has 6 nitrogen and oxygen atoms in total. The molecule has 0 atom stereocenters. The molecule has 0 heterocycles. The SMILES string of the molecule is CCOCCOc1cc(C)ccc1CNC(=NC)NCC1(CCOC)CC1. The Morgan fingerprint density at radius 3 is 2.67 bits per heavy atom. The number of aliphatic imine (C=N–C) groups is 1. The van der Waals surface area contributed by atoms with Gasteiger partial charge in [0, 0.05) is 46.0 Å². The first-order valence-corrected chi connectivity index (χ1v) is 9.86. The van der Waals surface area contributed by atoms with Gasteiger partial charge in [-0.3, -0.25) is 4.99 Å². The van der Waals surface area contributed by atoms with Crippen LogP contribution in [0.25, 0.3) is 0 Å². The molecule has 2 N–H and O–H groups in total. The van der Waals surface area contributed by atoms with Gasteiger partial charge in [0.05, 0.1) is 6.61 Å². The summed E-state index contributed by atoms with van der Waals surface area (Å²) >= 11 is 0. The Kier molecular flexibility index (Phi) is 8.88. The maximum Gasteiger partial charge on any atom is 0.191 e. The minimum Gasteiger partial charge on any atom is -0.491 e. The second-order valence-corrected chi connectivity index (χ2v) is 7.18. The molecule has 1 saturated carbocycles. The number of guanidine groups is 1. The Hall–Kier alpha value is -1.79. The molecule has 0 saturated heterocycles. The van der Waals surface area contributed by atoms with Crippen LogP contribution in [0.1, 0.15) is 37.3 Å². The van der Waals surface area contributed by atoms with E-state index in [1.54, 1.807) is 14.2 Å². The van der Waals surface area contributed by atoms with E-state index in [4.69, 9.17) is 14.2 Å². The zero-order valence-electron chi connectivity index (χ0n) is 17.3. The van der Waals surface area contributed by atoms with Gasteiger partial charge in [0.15, 0.2) is 5.96 Å². The molecule has 0 spiro atoms. The van der Waals surface area contributed by atoms with Crippen molar-refractivity contribution in [3.05, 3.63) is 29.3 Å². The third kappa shape index (κ3) is 7.39. The predicted molar refractivity (Wildman–Crippen MR) is 110 cm³/mol. The van der Waals surface area contributed by atoms with Gasteiger partial charge in [0.1, 0.15) is 12.4 Å². The van der Waals surface area contributed by atoms with Crippen LogP contribution in [0.2, 0.25) is 0 Å². The molecule has 1 aliphatic carbocycles. The Bertz CT molecular complexity index is 600. The van der Waals surface area contributed by atoms with Crippen molar-refractivity contribution in [3.63, 3.8) is 0 Å². The van der Waals surface area contributed by atoms with E-state index in [1.807, 2.05) is 6.92 Å². The molecule has 6 heteroatoms. The standard InChI is InChI=1S/C21H35N3O3/c1-5-26-12-13-27-19-14-17(2)6-7-18(19)15-23-20(22-3)24-16-21(8-9-21)10-11-25-4/h6-7,14H,5,8-13,15-16H2,1-4H3,(H2,22,23,24). The summed E-state index contributed by atoms with van der Waals surface area (Å²) in [7, 11) is 3.57. The minimum atomic E-state index is 0.380. The molecule has 0 unspecified atom stereocenters. The first kappa shape index (κ1) is 21.5. The van der Waals surface area contributed by atoms with Crippen LogP contribution < -0.4 is 15.4 Å². The lowest BCUT2D eigenvalue weighted by atomic mass is 10.0. The van der Waals surface area contributed by atoms with Crippen LogP contribution in [0.15, 0.2) is 23.2 Å². The van der Waals surface area contributed by atoms with Gasteiger partial charge in [0.2, 0.25) is 0 Å². The van der Waals surface area contributed by atoms with Crippen LogP contribution in [0.4, 0.5) is 0 Å². The Labute approximate surface area is 163 Å². The van der Waals surface area contributed by atoms with E-state index in [0.29, 0.717) is 31.8 Å². The van der Waals surface area contributed by atoms with Crippen molar-refractivity contribution in [2.45, 2.75) is 39.7 Å². The predicted octanol–water partition coefficient (Wildman–Crippen LogP) is 2.89. The highest BCUT2D eigenvalue weighted by atomic mass is 16.5. The maximum atomic E-state index is 5.92. The summed E-state index contributed by atoms with van der Waals surface area (Å²) < 4.78 is 16.5. The molecular weight excluding hydrogens is 342 g/mol. The van der Waals surface area contributed by atoms with Gasteiger partial charge in [-0.15, -0.1) is 0 Å². The third-order valence-electron chi connectivity index (χ3n) is 5.01. The van der Waals surface area contributed by atoms with Gasteiger partial charge in [-0.25, -0.2) is 0 Å². The topological polar surface area (TPSA) is 64.1 Å². The van der Waals surface area contributed by atoms with Crippen molar-refractivity contribution in [3.8, 4) is 5.75 Å². The summed E-state index contributed by atoms with van der Waals surface area (Å²) in [5, 5.41) is 6.86. The Morgan fingerprint density at radius 2 is 2.00 bits per heavy atom. The molecule has 0 aromatic heterocycles. The molecule has 1 aromatic carbocycles. The summed E-state index contributed by atoms with van der Waals surface area (Å²) in [5.41, 5.74) is 2.67. The molecule has 152 valence electrons.